The molecule has 2 rings (SSSR count). The third-order valence-electron chi connectivity index (χ3n) is 3.47. The van der Waals surface area contributed by atoms with Gasteiger partial charge in [-0.05, 0) is 41.5 Å². The Hall–Kier alpha value is -3.29. The maximum atomic E-state index is 12.1. The first kappa shape index (κ1) is 19.0. The number of likely N-dealkylation sites (N-methyl/N-ethyl adjacent to an activating group) is 1. The maximum absolute atomic E-state index is 12.1. The summed E-state index contributed by atoms with van der Waals surface area (Å²) in [6.45, 7) is -2.59. The molecule has 26 heavy (non-hydrogen) atoms. The van der Waals surface area contributed by atoms with Crippen LogP contribution in [0, 0.1) is 10.1 Å². The molecule has 6 nitrogen and oxygen atoms in total. The maximum Gasteiger partial charge on any atom is 0.387 e. The summed E-state index contributed by atoms with van der Waals surface area (Å²) in [5.41, 5.74) is 1.39. The summed E-state index contributed by atoms with van der Waals surface area (Å²) < 4.78 is 28.5. The van der Waals surface area contributed by atoms with Crippen LogP contribution >= 0.6 is 0 Å². The molecule has 0 fully saturated rings. The number of carbonyl (C=O) groups is 1. The molecule has 136 valence electrons. The van der Waals surface area contributed by atoms with E-state index in [2.05, 4.69) is 4.74 Å². The van der Waals surface area contributed by atoms with Gasteiger partial charge in [0.2, 0.25) is 5.91 Å². The van der Waals surface area contributed by atoms with Crippen molar-refractivity contribution >= 4 is 17.7 Å². The fourth-order valence-electron chi connectivity index (χ4n) is 2.13. The van der Waals surface area contributed by atoms with Gasteiger partial charge in [0.1, 0.15) is 5.75 Å². The summed E-state index contributed by atoms with van der Waals surface area (Å²) in [4.78, 5) is 23.7. The van der Waals surface area contributed by atoms with Gasteiger partial charge in [0.25, 0.3) is 5.69 Å². The lowest BCUT2D eigenvalue weighted by molar-refractivity contribution is -0.384. The van der Waals surface area contributed by atoms with Gasteiger partial charge in [-0.2, -0.15) is 8.78 Å². The molecule has 0 aliphatic heterocycles. The van der Waals surface area contributed by atoms with Crippen molar-refractivity contribution in [3.8, 4) is 5.75 Å². The Bertz CT molecular complexity index is 790. The first-order valence-corrected chi connectivity index (χ1v) is 7.56. The number of halogens is 2. The van der Waals surface area contributed by atoms with Crippen LogP contribution in [0.15, 0.2) is 54.6 Å². The first-order valence-electron chi connectivity index (χ1n) is 7.56. The van der Waals surface area contributed by atoms with E-state index in [-0.39, 0.29) is 17.3 Å². The molecule has 0 saturated heterocycles. The Labute approximate surface area is 148 Å². The molecule has 0 saturated carbocycles. The smallest absolute Gasteiger partial charge is 0.387 e. The van der Waals surface area contributed by atoms with Crippen molar-refractivity contribution < 1.29 is 23.2 Å². The second-order valence-corrected chi connectivity index (χ2v) is 5.40. The van der Waals surface area contributed by atoms with Gasteiger partial charge >= 0.3 is 6.61 Å². The molecule has 0 radical (unpaired) electrons. The molecular formula is C18H16F2N2O4. The van der Waals surface area contributed by atoms with Crippen LogP contribution in [0.25, 0.3) is 6.08 Å². The molecule has 0 spiro atoms. The van der Waals surface area contributed by atoms with Gasteiger partial charge in [-0.25, -0.2) is 0 Å². The van der Waals surface area contributed by atoms with Crippen molar-refractivity contribution in [1.82, 2.24) is 4.90 Å². The third kappa shape index (κ3) is 5.66. The third-order valence-corrected chi connectivity index (χ3v) is 3.47. The number of nitrogens with zero attached hydrogens (tertiary/aromatic N) is 2. The molecule has 0 N–H and O–H groups in total. The largest absolute Gasteiger partial charge is 0.435 e. The SMILES string of the molecule is CN(Cc1ccc(OC(F)F)cc1)C(=O)C=Cc1ccc([N+](=O)[O-])cc1. The Morgan fingerprint density at radius 1 is 1.19 bits per heavy atom. The number of hydrogen-bond donors (Lipinski definition) is 0. The van der Waals surface area contributed by atoms with E-state index >= 15 is 0 Å². The van der Waals surface area contributed by atoms with Crippen LogP contribution < -0.4 is 4.74 Å². The van der Waals surface area contributed by atoms with Crippen molar-refractivity contribution in [1.29, 1.82) is 0 Å². The Morgan fingerprint density at radius 3 is 2.35 bits per heavy atom. The van der Waals surface area contributed by atoms with Crippen molar-refractivity contribution in [2.45, 2.75) is 13.2 Å². The lowest BCUT2D eigenvalue weighted by Crippen LogP contribution is -2.24. The number of hydrogen-bond acceptors (Lipinski definition) is 4. The summed E-state index contributed by atoms with van der Waals surface area (Å²) in [7, 11) is 1.60. The molecule has 1 amide bonds. The highest BCUT2D eigenvalue weighted by Gasteiger charge is 2.08. The molecule has 0 heterocycles. The second kappa shape index (κ2) is 8.70. The number of alkyl halides is 2. The van der Waals surface area contributed by atoms with Gasteiger partial charge in [0.05, 0.1) is 4.92 Å². The molecule has 8 heteroatoms. The lowest BCUT2D eigenvalue weighted by atomic mass is 10.2. The number of carbonyl (C=O) groups excluding carboxylic acids is 1. The van der Waals surface area contributed by atoms with Crippen LogP contribution in [0.3, 0.4) is 0 Å². The fraction of sp³-hybridized carbons (Fsp3) is 0.167. The van der Waals surface area contributed by atoms with Crippen LogP contribution in [0.4, 0.5) is 14.5 Å². The summed E-state index contributed by atoms with van der Waals surface area (Å²) in [5, 5.41) is 10.6. The van der Waals surface area contributed by atoms with Crippen molar-refractivity contribution in [3.05, 3.63) is 75.8 Å². The normalized spacial score (nSPS) is 10.9. The average molecular weight is 362 g/mol. The zero-order chi connectivity index (χ0) is 19.1. The highest BCUT2D eigenvalue weighted by Crippen LogP contribution is 2.16. The molecule has 0 aliphatic carbocycles. The first-order chi connectivity index (χ1) is 12.3. The minimum Gasteiger partial charge on any atom is -0.435 e. The minimum absolute atomic E-state index is 0.0233. The number of nitro benzene ring substituents is 1. The molecule has 0 unspecified atom stereocenters. The molecule has 0 aliphatic rings. The van der Waals surface area contributed by atoms with Crippen LogP contribution in [0.2, 0.25) is 0 Å². The average Bonchev–Trinajstić information content (AvgIpc) is 2.61. The van der Waals surface area contributed by atoms with Gasteiger partial charge in [0.15, 0.2) is 0 Å². The Balaban J connectivity index is 1.93. The molecule has 0 bridgehead atoms. The van der Waals surface area contributed by atoms with Crippen molar-refractivity contribution in [2.24, 2.45) is 0 Å². The van der Waals surface area contributed by atoms with Crippen molar-refractivity contribution in [2.75, 3.05) is 7.05 Å². The molecule has 2 aromatic rings. The minimum atomic E-state index is -2.88. The van der Waals surface area contributed by atoms with E-state index in [1.54, 1.807) is 37.4 Å². The highest BCUT2D eigenvalue weighted by atomic mass is 19.3. The summed E-state index contributed by atoms with van der Waals surface area (Å²) >= 11 is 0. The van der Waals surface area contributed by atoms with Gasteiger partial charge in [-0.15, -0.1) is 0 Å². The topological polar surface area (TPSA) is 72.7 Å². The predicted molar refractivity (Wildman–Crippen MR) is 91.7 cm³/mol. The van der Waals surface area contributed by atoms with E-state index in [1.807, 2.05) is 0 Å². The van der Waals surface area contributed by atoms with Gasteiger partial charge in [-0.1, -0.05) is 12.1 Å². The standard InChI is InChI=1S/C18H16F2N2O4/c1-21(12-14-4-9-16(10-5-14)26-18(19)20)17(23)11-6-13-2-7-15(8-3-13)22(24)25/h2-11,18H,12H2,1H3. The Kier molecular flexibility index (Phi) is 6.37. The van der Waals surface area contributed by atoms with Crippen LogP contribution in [-0.2, 0) is 11.3 Å². The number of amides is 1. The Morgan fingerprint density at radius 2 is 1.81 bits per heavy atom. The highest BCUT2D eigenvalue weighted by molar-refractivity contribution is 5.91. The monoisotopic (exact) mass is 362 g/mol. The van der Waals surface area contributed by atoms with Gasteiger partial charge in [-0.3, -0.25) is 14.9 Å². The number of ether oxygens (including phenoxy) is 1. The zero-order valence-electron chi connectivity index (χ0n) is 13.8. The van der Waals surface area contributed by atoms with Crippen LogP contribution in [0.5, 0.6) is 5.75 Å². The van der Waals surface area contributed by atoms with E-state index in [1.165, 1.54) is 35.2 Å². The van der Waals surface area contributed by atoms with E-state index in [0.29, 0.717) is 12.1 Å². The van der Waals surface area contributed by atoms with Gasteiger partial charge < -0.3 is 9.64 Å². The summed E-state index contributed by atoms with van der Waals surface area (Å²) in [6.07, 6.45) is 2.91. The zero-order valence-corrected chi connectivity index (χ0v) is 13.8. The van der Waals surface area contributed by atoms with E-state index in [0.717, 1.165) is 5.56 Å². The molecular weight excluding hydrogens is 346 g/mol. The second-order valence-electron chi connectivity index (χ2n) is 5.40. The van der Waals surface area contributed by atoms with Crippen molar-refractivity contribution in [3.63, 3.8) is 0 Å². The fourth-order valence-corrected chi connectivity index (χ4v) is 2.13. The lowest BCUT2D eigenvalue weighted by Gasteiger charge is -2.15. The summed E-state index contributed by atoms with van der Waals surface area (Å²) in [5.74, 6) is -0.216. The summed E-state index contributed by atoms with van der Waals surface area (Å²) in [6, 6.07) is 11.8. The number of rotatable bonds is 7. The molecule has 0 aromatic heterocycles. The molecule has 2 aromatic carbocycles. The quantitative estimate of drug-likeness (QED) is 0.426. The van der Waals surface area contributed by atoms with E-state index in [4.69, 9.17) is 0 Å². The number of non-ortho nitro benzene ring substituents is 1. The predicted octanol–water partition coefficient (Wildman–Crippen LogP) is 3.87. The van der Waals surface area contributed by atoms with E-state index in [9.17, 15) is 23.7 Å². The van der Waals surface area contributed by atoms with Crippen LogP contribution in [-0.4, -0.2) is 29.4 Å². The molecule has 0 atom stereocenters. The van der Waals surface area contributed by atoms with E-state index < -0.39 is 11.5 Å². The number of benzene rings is 2. The van der Waals surface area contributed by atoms with Gasteiger partial charge in [0, 0.05) is 31.8 Å². The van der Waals surface area contributed by atoms with Crippen LogP contribution in [0.1, 0.15) is 11.1 Å². The number of nitro groups is 1.